The van der Waals surface area contributed by atoms with Crippen molar-refractivity contribution in [2.75, 3.05) is 14.2 Å². The highest BCUT2D eigenvalue weighted by Crippen LogP contribution is 2.27. The van der Waals surface area contributed by atoms with Crippen molar-refractivity contribution in [2.24, 2.45) is 0 Å². The average Bonchev–Trinajstić information content (AvgIpc) is 2.76. The van der Waals surface area contributed by atoms with Gasteiger partial charge in [-0.2, -0.15) is 5.06 Å². The number of hydrogen-bond acceptors (Lipinski definition) is 8. The highest BCUT2D eigenvalue weighted by molar-refractivity contribution is 5.88. The highest BCUT2D eigenvalue weighted by Gasteiger charge is 2.43. The molecule has 3 atom stereocenters. The Kier molecular flexibility index (Phi) is 11.9. The summed E-state index contributed by atoms with van der Waals surface area (Å²) in [7, 11) is 3.10. The number of benzene rings is 1. The zero-order valence-corrected chi connectivity index (χ0v) is 23.9. The number of alkyl carbamates (subject to hydrolysis) is 1. The van der Waals surface area contributed by atoms with Gasteiger partial charge in [-0.1, -0.05) is 31.4 Å². The first-order valence-electron chi connectivity index (χ1n) is 12.4. The third kappa shape index (κ3) is 11.4. The van der Waals surface area contributed by atoms with E-state index >= 15 is 0 Å². The molecule has 0 saturated heterocycles. The number of methoxy groups -OCH3 is 2. The first-order chi connectivity index (χ1) is 17.0. The summed E-state index contributed by atoms with van der Waals surface area (Å²) >= 11 is 0. The van der Waals surface area contributed by atoms with Crippen LogP contribution >= 0.6 is 0 Å². The number of carbonyl (C=O) groups is 2. The molecule has 1 aromatic rings. The molecule has 2 N–H and O–H groups in total. The Bertz CT molecular complexity index is 938. The monoisotopic (exact) mass is 520 g/mol. The normalized spacial score (nSPS) is 15.0. The van der Waals surface area contributed by atoms with Gasteiger partial charge in [-0.25, -0.2) is 9.59 Å². The van der Waals surface area contributed by atoms with E-state index in [2.05, 4.69) is 17.2 Å². The molecule has 0 aliphatic carbocycles. The van der Waals surface area contributed by atoms with E-state index in [1.807, 2.05) is 13.8 Å². The summed E-state index contributed by atoms with van der Waals surface area (Å²) in [6.07, 6.45) is 0.566. The van der Waals surface area contributed by atoms with Crippen molar-refractivity contribution in [1.29, 1.82) is 0 Å². The van der Waals surface area contributed by atoms with Crippen molar-refractivity contribution in [2.45, 2.75) is 104 Å². The molecule has 0 bridgehead atoms. The van der Waals surface area contributed by atoms with Crippen LogP contribution in [0.5, 0.6) is 5.75 Å². The van der Waals surface area contributed by atoms with Gasteiger partial charge in [-0.3, -0.25) is 0 Å². The van der Waals surface area contributed by atoms with Crippen molar-refractivity contribution in [3.8, 4) is 17.6 Å². The minimum Gasteiger partial charge on any atom is -0.497 e. The number of esters is 1. The predicted octanol–water partition coefficient (Wildman–Crippen LogP) is 4.70. The van der Waals surface area contributed by atoms with Crippen LogP contribution in [0.25, 0.3) is 0 Å². The van der Waals surface area contributed by atoms with E-state index in [9.17, 15) is 14.8 Å². The Morgan fingerprint density at radius 3 is 2.03 bits per heavy atom. The lowest BCUT2D eigenvalue weighted by molar-refractivity contribution is -0.151. The number of hydroxylamine groups is 2. The first kappa shape index (κ1) is 32.2. The molecule has 37 heavy (non-hydrogen) atoms. The molecule has 1 rings (SSSR count). The number of hydrogen-bond donors (Lipinski definition) is 2. The van der Waals surface area contributed by atoms with Gasteiger partial charge in [-0.15, -0.1) is 0 Å². The van der Waals surface area contributed by atoms with Crippen LogP contribution in [-0.2, 0) is 25.5 Å². The second kappa shape index (κ2) is 13.7. The third-order valence-corrected chi connectivity index (χ3v) is 5.40. The number of nitrogens with one attached hydrogen (secondary N) is 1. The van der Waals surface area contributed by atoms with E-state index in [4.69, 9.17) is 18.9 Å². The molecule has 9 nitrogen and oxygen atoms in total. The molecule has 0 spiro atoms. The summed E-state index contributed by atoms with van der Waals surface area (Å²) < 4.78 is 21.9. The van der Waals surface area contributed by atoms with Gasteiger partial charge in [0, 0.05) is 13.0 Å². The zero-order chi connectivity index (χ0) is 28.4. The quantitative estimate of drug-likeness (QED) is 0.198. The second-order valence-electron chi connectivity index (χ2n) is 11.1. The van der Waals surface area contributed by atoms with Crippen LogP contribution in [-0.4, -0.2) is 65.4 Å². The molecule has 0 aliphatic heterocycles. The maximum absolute atomic E-state index is 12.9. The Hall–Kier alpha value is -2.80. The van der Waals surface area contributed by atoms with E-state index in [1.54, 1.807) is 72.9 Å². The van der Waals surface area contributed by atoms with E-state index < -0.39 is 40.9 Å². The Labute approximate surface area is 221 Å². The van der Waals surface area contributed by atoms with E-state index in [-0.39, 0.29) is 6.54 Å². The van der Waals surface area contributed by atoms with Crippen molar-refractivity contribution in [3.05, 3.63) is 29.8 Å². The Morgan fingerprint density at radius 1 is 1.00 bits per heavy atom. The number of carbonyl (C=O) groups excluding carboxylic acids is 2. The van der Waals surface area contributed by atoms with Crippen molar-refractivity contribution < 1.29 is 33.7 Å². The summed E-state index contributed by atoms with van der Waals surface area (Å²) in [5, 5.41) is 15.1. The lowest BCUT2D eigenvalue weighted by Crippen LogP contribution is -2.62. The minimum absolute atomic E-state index is 0.0517. The molecule has 0 radical (unpaired) electrons. The molecule has 0 fully saturated rings. The average molecular weight is 521 g/mol. The minimum atomic E-state index is -1.06. The maximum Gasteiger partial charge on any atom is 0.408 e. The summed E-state index contributed by atoms with van der Waals surface area (Å²) in [4.78, 5) is 25.3. The van der Waals surface area contributed by atoms with E-state index in [1.165, 1.54) is 7.11 Å². The molecule has 0 aliphatic rings. The van der Waals surface area contributed by atoms with Gasteiger partial charge in [0.2, 0.25) is 0 Å². The van der Waals surface area contributed by atoms with Gasteiger partial charge >= 0.3 is 12.1 Å². The molecule has 9 heteroatoms. The molecule has 0 aromatic heterocycles. The number of nitrogens with zero attached hydrogens (tertiary/aromatic N) is 1. The summed E-state index contributed by atoms with van der Waals surface area (Å²) in [6, 6.07) is 5.22. The van der Waals surface area contributed by atoms with Crippen LogP contribution in [0.15, 0.2) is 24.3 Å². The molecular weight excluding hydrogens is 476 g/mol. The van der Waals surface area contributed by atoms with Gasteiger partial charge < -0.3 is 29.5 Å². The van der Waals surface area contributed by atoms with Crippen LogP contribution in [0.3, 0.4) is 0 Å². The largest absolute Gasteiger partial charge is 0.497 e. The second-order valence-corrected chi connectivity index (χ2v) is 11.1. The van der Waals surface area contributed by atoms with Gasteiger partial charge in [0.25, 0.3) is 0 Å². The van der Waals surface area contributed by atoms with Gasteiger partial charge in [0.1, 0.15) is 23.0 Å². The fraction of sp³-hybridized carbons (Fsp3) is 0.643. The predicted molar refractivity (Wildman–Crippen MR) is 141 cm³/mol. The summed E-state index contributed by atoms with van der Waals surface area (Å²) in [5.74, 6) is 5.24. The molecule has 208 valence electrons. The first-order valence-corrected chi connectivity index (χ1v) is 12.4. The molecule has 1 amide bonds. The van der Waals surface area contributed by atoms with Crippen molar-refractivity contribution >= 4 is 12.1 Å². The summed E-state index contributed by atoms with van der Waals surface area (Å²) in [5.41, 5.74) is -1.68. The smallest absolute Gasteiger partial charge is 0.408 e. The van der Waals surface area contributed by atoms with E-state index in [0.29, 0.717) is 12.2 Å². The van der Waals surface area contributed by atoms with Gasteiger partial charge in [-0.05, 0) is 72.6 Å². The molecule has 0 heterocycles. The van der Waals surface area contributed by atoms with Gasteiger partial charge in [0.05, 0.1) is 25.3 Å². The highest BCUT2D eigenvalue weighted by atomic mass is 16.6. The molecule has 1 aromatic carbocycles. The van der Waals surface area contributed by atoms with Crippen LogP contribution in [0.4, 0.5) is 4.79 Å². The molecular formula is C28H44N2O7. The number of amides is 1. The van der Waals surface area contributed by atoms with Crippen LogP contribution in [0.1, 0.15) is 73.8 Å². The fourth-order valence-electron chi connectivity index (χ4n) is 3.66. The lowest BCUT2D eigenvalue weighted by atomic mass is 9.85. The van der Waals surface area contributed by atoms with Crippen LogP contribution in [0.2, 0.25) is 0 Å². The third-order valence-electron chi connectivity index (χ3n) is 5.40. The fourth-order valence-corrected chi connectivity index (χ4v) is 3.66. The van der Waals surface area contributed by atoms with E-state index in [0.717, 1.165) is 17.0 Å². The lowest BCUT2D eigenvalue weighted by Gasteiger charge is -2.41. The Balaban J connectivity index is 3.51. The van der Waals surface area contributed by atoms with Crippen molar-refractivity contribution in [1.82, 2.24) is 10.4 Å². The summed E-state index contributed by atoms with van der Waals surface area (Å²) in [6.45, 7) is 14.3. The number of ether oxygens (including phenoxy) is 4. The topological polar surface area (TPSA) is 107 Å². The zero-order valence-electron chi connectivity index (χ0n) is 23.9. The SMILES string of the molecule is CCC[C@](C)(OC)[C@H](NC(=O)OC(C)(C)C)[C@@H](C#CC(=O)OC(C)(C)C)N(O)Cc1ccc(OC)cc1. The van der Waals surface area contributed by atoms with Gasteiger partial charge in [0.15, 0.2) is 0 Å². The van der Waals surface area contributed by atoms with Crippen LogP contribution in [0, 0.1) is 11.8 Å². The number of rotatable bonds is 10. The molecule has 0 unspecified atom stereocenters. The Morgan fingerprint density at radius 2 is 1.57 bits per heavy atom. The molecule has 0 saturated carbocycles. The standard InChI is InChI=1S/C28H44N2O7/c1-11-18-28(8,35-10)24(29-25(32)37-27(5,6)7)22(16-17-23(31)36-26(2,3)4)30(33)19-20-12-14-21(34-9)15-13-20/h12-15,22,24,33H,11,18-19H2,1-10H3,(H,29,32)/t22-,24-,28+/m1/s1. The van der Waals surface area contributed by atoms with Crippen molar-refractivity contribution in [3.63, 3.8) is 0 Å². The van der Waals surface area contributed by atoms with Crippen LogP contribution < -0.4 is 10.1 Å². The maximum atomic E-state index is 12.9.